The molecule has 0 spiro atoms. The quantitative estimate of drug-likeness (QED) is 0.900. The fraction of sp³-hybridized carbons (Fsp3) is 0.133. The van der Waals surface area contributed by atoms with E-state index in [0.29, 0.717) is 10.7 Å². The highest BCUT2D eigenvalue weighted by atomic mass is 35.5. The third-order valence-corrected chi connectivity index (χ3v) is 3.17. The Morgan fingerprint density at radius 1 is 1.26 bits per heavy atom. The first-order chi connectivity index (χ1) is 9.06. The van der Waals surface area contributed by atoms with Crippen molar-refractivity contribution in [2.24, 2.45) is 0 Å². The lowest BCUT2D eigenvalue weighted by molar-refractivity contribution is -0.115. The topological polar surface area (TPSA) is 49.3 Å². The number of carbonyl (C=O) groups is 1. The van der Waals surface area contributed by atoms with Gasteiger partial charge in [0.2, 0.25) is 5.91 Å². The van der Waals surface area contributed by atoms with E-state index in [1.165, 1.54) is 6.07 Å². The summed E-state index contributed by atoms with van der Waals surface area (Å²) in [6.07, 6.45) is 0.203. The van der Waals surface area contributed by atoms with Gasteiger partial charge in [-0.3, -0.25) is 4.79 Å². The second kappa shape index (κ2) is 5.76. The van der Waals surface area contributed by atoms with E-state index in [9.17, 15) is 9.90 Å². The van der Waals surface area contributed by atoms with Gasteiger partial charge in [-0.1, -0.05) is 35.9 Å². The number of hydrogen-bond acceptors (Lipinski definition) is 2. The van der Waals surface area contributed by atoms with Crippen LogP contribution in [0.3, 0.4) is 0 Å². The maximum atomic E-state index is 11.9. The number of benzene rings is 2. The Kier molecular flexibility index (Phi) is 4.07. The Bertz CT molecular complexity index is 611. The van der Waals surface area contributed by atoms with Crippen molar-refractivity contribution in [3.05, 3.63) is 58.6 Å². The summed E-state index contributed by atoms with van der Waals surface area (Å²) < 4.78 is 0. The first-order valence-electron chi connectivity index (χ1n) is 5.89. The Balaban J connectivity index is 2.05. The van der Waals surface area contributed by atoms with Gasteiger partial charge in [-0.15, -0.1) is 0 Å². The van der Waals surface area contributed by atoms with Crippen molar-refractivity contribution in [3.8, 4) is 5.75 Å². The summed E-state index contributed by atoms with van der Waals surface area (Å²) >= 11 is 6.00. The van der Waals surface area contributed by atoms with Gasteiger partial charge in [0.25, 0.3) is 0 Å². The largest absolute Gasteiger partial charge is 0.508 e. The van der Waals surface area contributed by atoms with Crippen molar-refractivity contribution in [2.45, 2.75) is 13.3 Å². The van der Waals surface area contributed by atoms with Gasteiger partial charge >= 0.3 is 0 Å². The molecule has 2 rings (SSSR count). The van der Waals surface area contributed by atoms with E-state index >= 15 is 0 Å². The second-order valence-corrected chi connectivity index (χ2v) is 4.72. The minimum atomic E-state index is -0.170. The summed E-state index contributed by atoms with van der Waals surface area (Å²) in [4.78, 5) is 11.9. The Hall–Kier alpha value is -2.00. The lowest BCUT2D eigenvalue weighted by Crippen LogP contribution is -2.14. The molecule has 19 heavy (non-hydrogen) atoms. The van der Waals surface area contributed by atoms with Crippen LogP contribution >= 0.6 is 11.6 Å². The Labute approximate surface area is 116 Å². The molecule has 4 heteroatoms. The average molecular weight is 276 g/mol. The minimum Gasteiger partial charge on any atom is -0.508 e. The molecule has 3 nitrogen and oxygen atoms in total. The van der Waals surface area contributed by atoms with Crippen LogP contribution < -0.4 is 5.32 Å². The van der Waals surface area contributed by atoms with Gasteiger partial charge in [-0.05, 0) is 30.2 Å². The van der Waals surface area contributed by atoms with E-state index in [0.717, 1.165) is 11.1 Å². The summed E-state index contributed by atoms with van der Waals surface area (Å²) in [5.74, 6) is -0.00750. The van der Waals surface area contributed by atoms with Crippen molar-refractivity contribution in [1.82, 2.24) is 0 Å². The van der Waals surface area contributed by atoms with Crippen molar-refractivity contribution in [3.63, 3.8) is 0 Å². The first-order valence-corrected chi connectivity index (χ1v) is 6.27. The van der Waals surface area contributed by atoms with Crippen LogP contribution in [0.4, 0.5) is 5.69 Å². The lowest BCUT2D eigenvalue weighted by Gasteiger charge is -2.08. The highest BCUT2D eigenvalue weighted by molar-refractivity contribution is 6.31. The van der Waals surface area contributed by atoms with E-state index < -0.39 is 0 Å². The predicted molar refractivity (Wildman–Crippen MR) is 76.6 cm³/mol. The van der Waals surface area contributed by atoms with Gasteiger partial charge in [0.15, 0.2) is 0 Å². The zero-order chi connectivity index (χ0) is 13.8. The highest BCUT2D eigenvalue weighted by Gasteiger charge is 2.07. The SMILES string of the molecule is Cc1ccc(NC(=O)Cc2ccccc2Cl)cc1O. The second-order valence-electron chi connectivity index (χ2n) is 4.32. The molecule has 98 valence electrons. The molecule has 0 unspecified atom stereocenters. The van der Waals surface area contributed by atoms with Crippen LogP contribution in [0.15, 0.2) is 42.5 Å². The third kappa shape index (κ3) is 3.48. The van der Waals surface area contributed by atoms with Crippen LogP contribution in [0.1, 0.15) is 11.1 Å². The van der Waals surface area contributed by atoms with Crippen LogP contribution in [0.25, 0.3) is 0 Å². The summed E-state index contributed by atoms with van der Waals surface area (Å²) in [6.45, 7) is 1.80. The minimum absolute atomic E-state index is 0.163. The molecular weight excluding hydrogens is 262 g/mol. The normalized spacial score (nSPS) is 10.2. The number of rotatable bonds is 3. The molecular formula is C15H14ClNO2. The van der Waals surface area contributed by atoms with Gasteiger partial charge < -0.3 is 10.4 Å². The summed E-state index contributed by atoms with van der Waals surface area (Å²) in [7, 11) is 0. The molecule has 0 saturated carbocycles. The van der Waals surface area contributed by atoms with E-state index in [1.54, 1.807) is 25.1 Å². The standard InChI is InChI=1S/C15H14ClNO2/c1-10-6-7-12(9-14(10)18)17-15(19)8-11-4-2-3-5-13(11)16/h2-7,9,18H,8H2,1H3,(H,17,19). The summed E-state index contributed by atoms with van der Waals surface area (Å²) in [5, 5.41) is 12.9. The molecule has 0 aliphatic carbocycles. The first kappa shape index (κ1) is 13.4. The number of amides is 1. The van der Waals surface area contributed by atoms with Crippen molar-refractivity contribution in [1.29, 1.82) is 0 Å². The molecule has 0 fully saturated rings. The van der Waals surface area contributed by atoms with E-state index in [-0.39, 0.29) is 18.1 Å². The molecule has 0 aliphatic heterocycles. The van der Waals surface area contributed by atoms with E-state index in [2.05, 4.69) is 5.32 Å². The monoisotopic (exact) mass is 275 g/mol. The zero-order valence-electron chi connectivity index (χ0n) is 10.5. The van der Waals surface area contributed by atoms with Crippen LogP contribution in [0.5, 0.6) is 5.75 Å². The number of aromatic hydroxyl groups is 1. The maximum Gasteiger partial charge on any atom is 0.228 e. The van der Waals surface area contributed by atoms with Crippen LogP contribution in [0.2, 0.25) is 5.02 Å². The van der Waals surface area contributed by atoms with E-state index in [4.69, 9.17) is 11.6 Å². The van der Waals surface area contributed by atoms with Crippen molar-refractivity contribution in [2.75, 3.05) is 5.32 Å². The number of halogens is 1. The molecule has 2 N–H and O–H groups in total. The Morgan fingerprint density at radius 2 is 2.00 bits per heavy atom. The van der Waals surface area contributed by atoms with Crippen LogP contribution in [-0.2, 0) is 11.2 Å². The maximum absolute atomic E-state index is 11.9. The number of anilines is 1. The van der Waals surface area contributed by atoms with Crippen LogP contribution in [0, 0.1) is 6.92 Å². The molecule has 2 aromatic rings. The molecule has 0 aromatic heterocycles. The molecule has 0 atom stereocenters. The molecule has 0 saturated heterocycles. The van der Waals surface area contributed by atoms with Gasteiger partial charge in [0, 0.05) is 16.8 Å². The highest BCUT2D eigenvalue weighted by Crippen LogP contribution is 2.21. The molecule has 1 amide bonds. The third-order valence-electron chi connectivity index (χ3n) is 2.80. The van der Waals surface area contributed by atoms with Crippen molar-refractivity contribution >= 4 is 23.2 Å². The van der Waals surface area contributed by atoms with Crippen LogP contribution in [-0.4, -0.2) is 11.0 Å². The smallest absolute Gasteiger partial charge is 0.228 e. The number of phenolic OH excluding ortho intramolecular Hbond substituents is 1. The van der Waals surface area contributed by atoms with Gasteiger partial charge in [0.1, 0.15) is 5.75 Å². The average Bonchev–Trinajstić information content (AvgIpc) is 2.37. The number of hydrogen-bond donors (Lipinski definition) is 2. The van der Waals surface area contributed by atoms with E-state index in [1.807, 2.05) is 18.2 Å². The molecule has 2 aromatic carbocycles. The number of nitrogens with one attached hydrogen (secondary N) is 1. The molecule has 0 aliphatic rings. The fourth-order valence-electron chi connectivity index (χ4n) is 1.71. The molecule has 0 heterocycles. The van der Waals surface area contributed by atoms with Gasteiger partial charge in [-0.2, -0.15) is 0 Å². The number of phenols is 1. The fourth-order valence-corrected chi connectivity index (χ4v) is 1.91. The zero-order valence-corrected chi connectivity index (χ0v) is 11.2. The predicted octanol–water partition coefficient (Wildman–Crippen LogP) is 3.54. The number of aryl methyl sites for hydroxylation is 1. The molecule has 0 bridgehead atoms. The van der Waals surface area contributed by atoms with Gasteiger partial charge in [-0.25, -0.2) is 0 Å². The summed E-state index contributed by atoms with van der Waals surface area (Å²) in [5.41, 5.74) is 2.11. The van der Waals surface area contributed by atoms with Crippen molar-refractivity contribution < 1.29 is 9.90 Å². The molecule has 0 radical (unpaired) electrons. The van der Waals surface area contributed by atoms with Gasteiger partial charge in [0.05, 0.1) is 6.42 Å². The summed E-state index contributed by atoms with van der Waals surface area (Å²) in [6, 6.07) is 12.3. The number of carbonyl (C=O) groups excluding carboxylic acids is 1. The Morgan fingerprint density at radius 3 is 2.68 bits per heavy atom. The lowest BCUT2D eigenvalue weighted by atomic mass is 10.1.